The topological polar surface area (TPSA) is 97.1 Å². The number of amides is 2. The van der Waals surface area contributed by atoms with Gasteiger partial charge in [-0.3, -0.25) is 9.59 Å². The van der Waals surface area contributed by atoms with Crippen molar-refractivity contribution in [2.24, 2.45) is 0 Å². The van der Waals surface area contributed by atoms with Crippen molar-refractivity contribution in [1.82, 2.24) is 15.5 Å². The van der Waals surface area contributed by atoms with Gasteiger partial charge >= 0.3 is 0 Å². The lowest BCUT2D eigenvalue weighted by molar-refractivity contribution is -0.115. The van der Waals surface area contributed by atoms with E-state index in [0.29, 0.717) is 22.6 Å². The number of hydrogen-bond acceptors (Lipinski definition) is 7. The van der Waals surface area contributed by atoms with E-state index in [1.807, 2.05) is 25.1 Å². The van der Waals surface area contributed by atoms with Crippen LogP contribution in [0.2, 0.25) is 0 Å². The fourth-order valence-corrected chi connectivity index (χ4v) is 4.87. The highest BCUT2D eigenvalue weighted by atomic mass is 32.2. The van der Waals surface area contributed by atoms with Crippen LogP contribution >= 0.6 is 23.1 Å². The quantitative estimate of drug-likeness (QED) is 0.315. The molecule has 160 valence electrons. The monoisotopic (exact) mass is 462 g/mol. The van der Waals surface area contributed by atoms with Gasteiger partial charge in [-0.1, -0.05) is 53.3 Å². The number of hydrogen-bond donors (Lipinski definition) is 2. The van der Waals surface area contributed by atoms with Gasteiger partial charge in [-0.15, -0.1) is 16.6 Å². The molecule has 2 aromatic heterocycles. The minimum atomic E-state index is -0.460. The van der Waals surface area contributed by atoms with Crippen molar-refractivity contribution in [2.45, 2.75) is 17.0 Å². The molecule has 32 heavy (non-hydrogen) atoms. The largest absolute Gasteiger partial charge is 0.451 e. The third-order valence-corrected chi connectivity index (χ3v) is 6.47. The Balaban J connectivity index is 1.46. The number of terminal acetylenes is 1. The van der Waals surface area contributed by atoms with Gasteiger partial charge in [0.1, 0.15) is 10.6 Å². The Labute approximate surface area is 192 Å². The van der Waals surface area contributed by atoms with Crippen LogP contribution in [0.15, 0.2) is 57.3 Å². The smallest absolute Gasteiger partial charge is 0.287 e. The molecule has 0 spiro atoms. The number of benzene rings is 2. The first kappa shape index (κ1) is 21.6. The number of fused-ring (bicyclic) bond motifs is 1. The average molecular weight is 463 g/mol. The number of nitrogens with zero attached hydrogens (tertiary/aromatic N) is 2. The highest BCUT2D eigenvalue weighted by Crippen LogP contribution is 2.33. The molecule has 2 amide bonds. The first-order valence-electron chi connectivity index (χ1n) is 9.61. The molecule has 0 bridgehead atoms. The highest BCUT2D eigenvalue weighted by Gasteiger charge is 2.21. The van der Waals surface area contributed by atoms with Crippen molar-refractivity contribution in [3.63, 3.8) is 0 Å². The molecule has 7 nitrogen and oxygen atoms in total. The molecule has 4 aromatic rings. The third kappa shape index (κ3) is 4.99. The van der Waals surface area contributed by atoms with Crippen LogP contribution in [-0.4, -0.2) is 28.6 Å². The van der Waals surface area contributed by atoms with E-state index >= 15 is 0 Å². The number of nitrogens with one attached hydrogen (secondary N) is 2. The number of aryl methyl sites for hydroxylation is 1. The summed E-state index contributed by atoms with van der Waals surface area (Å²) in [5, 5.41) is 15.2. The van der Waals surface area contributed by atoms with E-state index < -0.39 is 5.91 Å². The lowest BCUT2D eigenvalue weighted by Crippen LogP contribution is -2.33. The molecule has 0 saturated heterocycles. The molecule has 4 rings (SSSR count). The Bertz CT molecular complexity index is 1340. The number of thioether (sulfide) groups is 1. The van der Waals surface area contributed by atoms with Crippen molar-refractivity contribution in [2.75, 3.05) is 11.9 Å². The molecule has 0 fully saturated rings. The number of anilines is 1. The lowest BCUT2D eigenvalue weighted by Gasteiger charge is -2.07. The predicted octanol–water partition coefficient (Wildman–Crippen LogP) is 4.23. The van der Waals surface area contributed by atoms with Gasteiger partial charge in [0, 0.05) is 28.0 Å². The van der Waals surface area contributed by atoms with E-state index in [0.717, 1.165) is 20.3 Å². The Morgan fingerprint density at radius 2 is 2.03 bits per heavy atom. The second kappa shape index (κ2) is 9.68. The standard InChI is InChI=1S/C23H18N4O3S2/c1-3-15-7-6-8-16(11-15)25-20(28)12-24-22(29)21-18(13-31-23-27-26-14(2)32-23)17-9-4-5-10-19(17)30-21/h1,4-11H,12-13H2,2H3,(H,24,29)(H,25,28). The Kier molecular flexibility index (Phi) is 6.54. The summed E-state index contributed by atoms with van der Waals surface area (Å²) in [6.45, 7) is 1.68. The molecule has 9 heteroatoms. The van der Waals surface area contributed by atoms with Gasteiger partial charge < -0.3 is 15.1 Å². The number of rotatable bonds is 7. The van der Waals surface area contributed by atoms with E-state index in [9.17, 15) is 9.59 Å². The maximum atomic E-state index is 12.9. The predicted molar refractivity (Wildman–Crippen MR) is 126 cm³/mol. The van der Waals surface area contributed by atoms with E-state index in [4.69, 9.17) is 10.8 Å². The van der Waals surface area contributed by atoms with Crippen LogP contribution in [0, 0.1) is 19.3 Å². The zero-order valence-corrected chi connectivity index (χ0v) is 18.7. The lowest BCUT2D eigenvalue weighted by atomic mass is 10.1. The number of aromatic nitrogens is 2. The summed E-state index contributed by atoms with van der Waals surface area (Å²) in [6, 6.07) is 14.4. The Hall–Kier alpha value is -3.61. The molecule has 0 radical (unpaired) electrons. The van der Waals surface area contributed by atoms with Crippen molar-refractivity contribution < 1.29 is 14.0 Å². The van der Waals surface area contributed by atoms with Crippen molar-refractivity contribution in [3.05, 3.63) is 70.4 Å². The summed E-state index contributed by atoms with van der Waals surface area (Å²) in [7, 11) is 0. The summed E-state index contributed by atoms with van der Waals surface area (Å²) < 4.78 is 6.64. The molecule has 2 heterocycles. The van der Waals surface area contributed by atoms with Gasteiger partial charge in [-0.05, 0) is 31.2 Å². The molecule has 0 atom stereocenters. The molecule has 0 unspecified atom stereocenters. The molecule has 0 aliphatic rings. The first-order valence-corrected chi connectivity index (χ1v) is 11.4. The van der Waals surface area contributed by atoms with E-state index in [2.05, 4.69) is 26.8 Å². The molecule has 0 saturated carbocycles. The zero-order chi connectivity index (χ0) is 22.5. The fraction of sp³-hybridized carbons (Fsp3) is 0.130. The van der Waals surface area contributed by atoms with Gasteiger partial charge in [0.05, 0.1) is 6.54 Å². The first-order chi connectivity index (χ1) is 15.5. The normalized spacial score (nSPS) is 10.6. The highest BCUT2D eigenvalue weighted by molar-refractivity contribution is 8.00. The number of para-hydroxylation sites is 1. The molecular weight excluding hydrogens is 444 g/mol. The maximum Gasteiger partial charge on any atom is 0.287 e. The van der Waals surface area contributed by atoms with Crippen molar-refractivity contribution in [3.8, 4) is 12.3 Å². The number of furan rings is 1. The van der Waals surface area contributed by atoms with Crippen LogP contribution in [0.4, 0.5) is 5.69 Å². The second-order valence-corrected chi connectivity index (χ2v) is 9.14. The summed E-state index contributed by atoms with van der Waals surface area (Å²) >= 11 is 2.98. The molecular formula is C23H18N4O3S2. The van der Waals surface area contributed by atoms with Crippen LogP contribution in [0.25, 0.3) is 11.0 Å². The fourth-order valence-electron chi connectivity index (χ4n) is 3.03. The van der Waals surface area contributed by atoms with Gasteiger partial charge in [0.15, 0.2) is 10.1 Å². The molecule has 2 aromatic carbocycles. The summed E-state index contributed by atoms with van der Waals surface area (Å²) in [6.07, 6.45) is 5.38. The maximum absolute atomic E-state index is 12.9. The minimum Gasteiger partial charge on any atom is -0.451 e. The minimum absolute atomic E-state index is 0.182. The van der Waals surface area contributed by atoms with Crippen LogP contribution in [0.5, 0.6) is 0 Å². The van der Waals surface area contributed by atoms with Gasteiger partial charge in [-0.2, -0.15) is 0 Å². The summed E-state index contributed by atoms with van der Waals surface area (Å²) in [5.41, 5.74) is 2.57. The zero-order valence-electron chi connectivity index (χ0n) is 17.0. The third-order valence-electron chi connectivity index (χ3n) is 4.47. The Morgan fingerprint density at radius 3 is 2.81 bits per heavy atom. The average Bonchev–Trinajstić information content (AvgIpc) is 3.39. The molecule has 2 N–H and O–H groups in total. The van der Waals surface area contributed by atoms with Crippen molar-refractivity contribution in [1.29, 1.82) is 0 Å². The van der Waals surface area contributed by atoms with E-state index in [1.165, 1.54) is 23.1 Å². The van der Waals surface area contributed by atoms with E-state index in [-0.39, 0.29) is 18.2 Å². The van der Waals surface area contributed by atoms with Gasteiger partial charge in [0.25, 0.3) is 5.91 Å². The Morgan fingerprint density at radius 1 is 1.19 bits per heavy atom. The SMILES string of the molecule is C#Cc1cccc(NC(=O)CNC(=O)c2oc3ccccc3c2CSc2nnc(C)s2)c1. The second-order valence-electron chi connectivity index (χ2n) is 6.74. The van der Waals surface area contributed by atoms with Gasteiger partial charge in [-0.25, -0.2) is 0 Å². The molecule has 0 aliphatic heterocycles. The van der Waals surface area contributed by atoms with Gasteiger partial charge in [0.2, 0.25) is 5.91 Å². The van der Waals surface area contributed by atoms with Crippen LogP contribution in [-0.2, 0) is 10.5 Å². The summed E-state index contributed by atoms with van der Waals surface area (Å²) in [5.74, 6) is 2.35. The molecule has 0 aliphatic carbocycles. The van der Waals surface area contributed by atoms with Crippen molar-refractivity contribution >= 4 is 51.6 Å². The van der Waals surface area contributed by atoms with E-state index in [1.54, 1.807) is 30.3 Å². The van der Waals surface area contributed by atoms with Crippen LogP contribution in [0.1, 0.15) is 26.7 Å². The van der Waals surface area contributed by atoms with Crippen LogP contribution < -0.4 is 10.6 Å². The summed E-state index contributed by atoms with van der Waals surface area (Å²) in [4.78, 5) is 25.2. The number of carbonyl (C=O) groups excluding carboxylic acids is 2. The van der Waals surface area contributed by atoms with Crippen LogP contribution in [0.3, 0.4) is 0 Å². The number of carbonyl (C=O) groups is 2.